The molecular weight excluding hydrogens is 379 g/mol. The SMILES string of the molecule is CN(C(=O)Nc1ccccc1F)c1nc2c(s1)CN(Cc1ccccc1)C2=O. The van der Waals surface area contributed by atoms with Gasteiger partial charge in [-0.2, -0.15) is 0 Å². The summed E-state index contributed by atoms with van der Waals surface area (Å²) >= 11 is 1.29. The third-order valence-corrected chi connectivity index (χ3v) is 5.55. The Morgan fingerprint density at radius 3 is 2.64 bits per heavy atom. The molecule has 142 valence electrons. The number of carbonyl (C=O) groups excluding carboxylic acids is 2. The van der Waals surface area contributed by atoms with Crippen molar-refractivity contribution in [3.8, 4) is 0 Å². The van der Waals surface area contributed by atoms with Gasteiger partial charge in [-0.15, -0.1) is 0 Å². The molecule has 0 bridgehead atoms. The molecule has 6 nitrogen and oxygen atoms in total. The third-order valence-electron chi connectivity index (χ3n) is 4.43. The van der Waals surface area contributed by atoms with E-state index < -0.39 is 11.8 Å². The van der Waals surface area contributed by atoms with Crippen molar-refractivity contribution >= 4 is 34.1 Å². The fourth-order valence-electron chi connectivity index (χ4n) is 2.93. The number of hydrogen-bond acceptors (Lipinski definition) is 4. The second-order valence-electron chi connectivity index (χ2n) is 6.38. The van der Waals surface area contributed by atoms with Crippen LogP contribution in [0.3, 0.4) is 0 Å². The fraction of sp³-hybridized carbons (Fsp3) is 0.150. The van der Waals surface area contributed by atoms with E-state index in [1.54, 1.807) is 17.0 Å². The first-order valence-electron chi connectivity index (χ1n) is 8.65. The van der Waals surface area contributed by atoms with Crippen LogP contribution in [0.4, 0.5) is 20.0 Å². The number of anilines is 2. The molecule has 0 saturated heterocycles. The van der Waals surface area contributed by atoms with E-state index in [4.69, 9.17) is 0 Å². The molecule has 0 spiro atoms. The highest BCUT2D eigenvalue weighted by atomic mass is 32.1. The molecule has 0 radical (unpaired) electrons. The number of rotatable bonds is 4. The summed E-state index contributed by atoms with van der Waals surface area (Å²) in [6, 6.07) is 15.2. The predicted octanol–water partition coefficient (Wildman–Crippen LogP) is 4.11. The molecule has 0 aliphatic carbocycles. The molecule has 1 aliphatic heterocycles. The zero-order valence-electron chi connectivity index (χ0n) is 15.1. The number of urea groups is 1. The van der Waals surface area contributed by atoms with E-state index in [1.165, 1.54) is 35.4 Å². The van der Waals surface area contributed by atoms with E-state index in [-0.39, 0.29) is 11.6 Å². The van der Waals surface area contributed by atoms with Gasteiger partial charge in [0.25, 0.3) is 5.91 Å². The monoisotopic (exact) mass is 396 g/mol. The van der Waals surface area contributed by atoms with Gasteiger partial charge < -0.3 is 10.2 Å². The molecule has 1 aliphatic rings. The number of hydrogen-bond donors (Lipinski definition) is 1. The lowest BCUT2D eigenvalue weighted by Gasteiger charge is -2.17. The molecule has 4 rings (SSSR count). The number of halogens is 1. The lowest BCUT2D eigenvalue weighted by molar-refractivity contribution is 0.0762. The van der Waals surface area contributed by atoms with Crippen LogP contribution >= 0.6 is 11.3 Å². The Bertz CT molecular complexity index is 1040. The number of aromatic nitrogens is 1. The second kappa shape index (κ2) is 7.40. The smallest absolute Gasteiger partial charge is 0.327 e. The normalized spacial score (nSPS) is 12.8. The van der Waals surface area contributed by atoms with E-state index >= 15 is 0 Å². The van der Waals surface area contributed by atoms with Crippen LogP contribution in [0.2, 0.25) is 0 Å². The molecule has 0 fully saturated rings. The molecule has 0 atom stereocenters. The molecule has 2 heterocycles. The van der Waals surface area contributed by atoms with Gasteiger partial charge in [-0.3, -0.25) is 9.69 Å². The Labute approximate surface area is 165 Å². The van der Waals surface area contributed by atoms with Gasteiger partial charge in [0.2, 0.25) is 0 Å². The van der Waals surface area contributed by atoms with Crippen LogP contribution in [0.5, 0.6) is 0 Å². The van der Waals surface area contributed by atoms with E-state index in [0.717, 1.165) is 10.4 Å². The average molecular weight is 396 g/mol. The third kappa shape index (κ3) is 3.46. The lowest BCUT2D eigenvalue weighted by atomic mass is 10.2. The van der Waals surface area contributed by atoms with E-state index in [0.29, 0.717) is 23.9 Å². The molecule has 28 heavy (non-hydrogen) atoms. The molecule has 3 aromatic rings. The number of benzene rings is 2. The van der Waals surface area contributed by atoms with Crippen molar-refractivity contribution in [2.45, 2.75) is 13.1 Å². The minimum Gasteiger partial charge on any atom is -0.328 e. The Morgan fingerprint density at radius 2 is 1.93 bits per heavy atom. The number of nitrogens with one attached hydrogen (secondary N) is 1. The van der Waals surface area contributed by atoms with Crippen molar-refractivity contribution in [2.75, 3.05) is 17.3 Å². The van der Waals surface area contributed by atoms with Crippen molar-refractivity contribution in [3.05, 3.63) is 76.5 Å². The van der Waals surface area contributed by atoms with Gasteiger partial charge in [-0.1, -0.05) is 53.8 Å². The average Bonchev–Trinajstić information content (AvgIpc) is 3.23. The van der Waals surface area contributed by atoms with Crippen LogP contribution in [-0.2, 0) is 13.1 Å². The minimum atomic E-state index is -0.522. The summed E-state index contributed by atoms with van der Waals surface area (Å²) in [5, 5.41) is 2.90. The van der Waals surface area contributed by atoms with Crippen LogP contribution in [0.1, 0.15) is 20.9 Å². The Balaban J connectivity index is 1.46. The first kappa shape index (κ1) is 18.1. The van der Waals surface area contributed by atoms with Gasteiger partial charge in [0, 0.05) is 13.6 Å². The second-order valence-corrected chi connectivity index (χ2v) is 7.45. The molecule has 1 aromatic heterocycles. The van der Waals surface area contributed by atoms with E-state index in [9.17, 15) is 14.0 Å². The highest BCUT2D eigenvalue weighted by Crippen LogP contribution is 2.33. The van der Waals surface area contributed by atoms with Crippen LogP contribution in [-0.4, -0.2) is 28.9 Å². The number of fused-ring (bicyclic) bond motifs is 1. The highest BCUT2D eigenvalue weighted by Gasteiger charge is 2.33. The van der Waals surface area contributed by atoms with E-state index in [1.807, 2.05) is 30.3 Å². The molecule has 8 heteroatoms. The summed E-state index contributed by atoms with van der Waals surface area (Å²) < 4.78 is 13.7. The largest absolute Gasteiger partial charge is 0.328 e. The first-order valence-corrected chi connectivity index (χ1v) is 9.46. The zero-order chi connectivity index (χ0) is 19.7. The van der Waals surface area contributed by atoms with Crippen LogP contribution < -0.4 is 10.2 Å². The maximum atomic E-state index is 13.7. The van der Waals surface area contributed by atoms with Gasteiger partial charge in [0.1, 0.15) is 11.5 Å². The Hall–Kier alpha value is -3.26. The summed E-state index contributed by atoms with van der Waals surface area (Å²) in [6.45, 7) is 0.977. The van der Waals surface area contributed by atoms with Gasteiger partial charge >= 0.3 is 6.03 Å². The number of carbonyl (C=O) groups is 2. The van der Waals surface area contributed by atoms with Crippen molar-refractivity contribution in [2.24, 2.45) is 0 Å². The Morgan fingerprint density at radius 1 is 1.21 bits per heavy atom. The Kier molecular flexibility index (Phi) is 4.79. The predicted molar refractivity (Wildman–Crippen MR) is 106 cm³/mol. The molecule has 1 N–H and O–H groups in total. The van der Waals surface area contributed by atoms with E-state index in [2.05, 4.69) is 10.3 Å². The van der Waals surface area contributed by atoms with Gasteiger partial charge in [-0.05, 0) is 17.7 Å². The summed E-state index contributed by atoms with van der Waals surface area (Å²) in [6.07, 6.45) is 0. The zero-order valence-corrected chi connectivity index (χ0v) is 15.9. The summed E-state index contributed by atoms with van der Waals surface area (Å²) in [4.78, 5) is 33.2. The van der Waals surface area contributed by atoms with Crippen molar-refractivity contribution in [1.82, 2.24) is 9.88 Å². The molecule has 3 amide bonds. The summed E-state index contributed by atoms with van der Waals surface area (Å²) in [5.41, 5.74) is 1.52. The molecule has 2 aromatic carbocycles. The highest BCUT2D eigenvalue weighted by molar-refractivity contribution is 7.16. The summed E-state index contributed by atoms with van der Waals surface area (Å²) in [7, 11) is 1.54. The molecule has 0 unspecified atom stereocenters. The van der Waals surface area contributed by atoms with Crippen LogP contribution in [0.25, 0.3) is 0 Å². The minimum absolute atomic E-state index is 0.0913. The van der Waals surface area contributed by atoms with Gasteiger partial charge in [0.15, 0.2) is 5.13 Å². The van der Waals surface area contributed by atoms with Crippen LogP contribution in [0.15, 0.2) is 54.6 Å². The van der Waals surface area contributed by atoms with Gasteiger partial charge in [0.05, 0.1) is 17.1 Å². The maximum absolute atomic E-state index is 13.7. The topological polar surface area (TPSA) is 65.5 Å². The van der Waals surface area contributed by atoms with Crippen molar-refractivity contribution < 1.29 is 14.0 Å². The standard InChI is InChI=1S/C20H17FN4O2S/c1-24(19(27)22-15-10-6-5-9-14(15)21)20-23-17-16(28-20)12-25(18(17)26)11-13-7-3-2-4-8-13/h2-10H,11-12H2,1H3,(H,22,27). The van der Waals surface area contributed by atoms with Crippen molar-refractivity contribution in [1.29, 1.82) is 0 Å². The summed E-state index contributed by atoms with van der Waals surface area (Å²) in [5.74, 6) is -0.665. The number of nitrogens with zero attached hydrogens (tertiary/aromatic N) is 3. The quantitative estimate of drug-likeness (QED) is 0.722. The first-order chi connectivity index (χ1) is 13.5. The molecule has 0 saturated carbocycles. The van der Waals surface area contributed by atoms with Crippen molar-refractivity contribution in [3.63, 3.8) is 0 Å². The fourth-order valence-corrected chi connectivity index (χ4v) is 3.96. The van der Waals surface area contributed by atoms with Gasteiger partial charge in [-0.25, -0.2) is 14.2 Å². The number of para-hydroxylation sites is 1. The number of thiazole rings is 1. The number of amides is 3. The van der Waals surface area contributed by atoms with Crippen LogP contribution in [0, 0.1) is 5.82 Å². The maximum Gasteiger partial charge on any atom is 0.327 e. The lowest BCUT2D eigenvalue weighted by Crippen LogP contribution is -2.31. The molecular formula is C20H17FN4O2S.